The number of aryl methyl sites for hydroxylation is 1. The molecule has 0 aliphatic carbocycles. The summed E-state index contributed by atoms with van der Waals surface area (Å²) in [5.74, 6) is 1.13. The van der Waals surface area contributed by atoms with Crippen molar-refractivity contribution in [2.45, 2.75) is 30.8 Å². The number of aromatic nitrogens is 3. The van der Waals surface area contributed by atoms with Crippen molar-refractivity contribution in [1.82, 2.24) is 14.8 Å². The van der Waals surface area contributed by atoms with E-state index in [0.29, 0.717) is 38.3 Å². The zero-order valence-corrected chi connectivity index (χ0v) is 18.7. The van der Waals surface area contributed by atoms with Crippen LogP contribution >= 0.6 is 46.6 Å². The summed E-state index contributed by atoms with van der Waals surface area (Å²) in [6.07, 6.45) is 3.34. The van der Waals surface area contributed by atoms with Crippen LogP contribution in [0.5, 0.6) is 0 Å². The van der Waals surface area contributed by atoms with E-state index in [9.17, 15) is 4.79 Å². The topological polar surface area (TPSA) is 73.0 Å². The second-order valence-electron chi connectivity index (χ2n) is 6.09. The molecule has 3 aromatic rings. The number of halogens is 3. The van der Waals surface area contributed by atoms with Gasteiger partial charge in [-0.3, -0.25) is 9.36 Å². The van der Waals surface area contributed by atoms with Gasteiger partial charge >= 0.3 is 0 Å². The van der Waals surface area contributed by atoms with Gasteiger partial charge in [-0.05, 0) is 32.0 Å². The minimum absolute atomic E-state index is 0.260. The third-order valence-corrected chi connectivity index (χ3v) is 6.16. The van der Waals surface area contributed by atoms with Gasteiger partial charge in [0.1, 0.15) is 5.76 Å². The molecule has 152 valence electrons. The summed E-state index contributed by atoms with van der Waals surface area (Å²) in [5, 5.41) is 12.3. The second-order valence-corrected chi connectivity index (χ2v) is 8.62. The molecule has 29 heavy (non-hydrogen) atoms. The first-order valence-electron chi connectivity index (χ1n) is 8.52. The Bertz CT molecular complexity index is 1060. The summed E-state index contributed by atoms with van der Waals surface area (Å²) >= 11 is 19.4. The Labute approximate surface area is 187 Å². The van der Waals surface area contributed by atoms with Crippen LogP contribution in [0.15, 0.2) is 46.7 Å². The maximum Gasteiger partial charge on any atom is 0.237 e. The highest BCUT2D eigenvalue weighted by atomic mass is 35.5. The van der Waals surface area contributed by atoms with Gasteiger partial charge in [-0.15, -0.1) is 16.8 Å². The summed E-state index contributed by atoms with van der Waals surface area (Å²) in [7, 11) is 0. The van der Waals surface area contributed by atoms with Crippen LogP contribution in [0.25, 0.3) is 11.4 Å². The highest BCUT2D eigenvalue weighted by Gasteiger charge is 2.22. The van der Waals surface area contributed by atoms with Gasteiger partial charge in [-0.1, -0.05) is 52.6 Å². The van der Waals surface area contributed by atoms with E-state index in [1.807, 2.05) is 17.6 Å². The molecular weight excluding hydrogens is 455 g/mol. The quantitative estimate of drug-likeness (QED) is 0.255. The first-order valence-corrected chi connectivity index (χ1v) is 10.5. The van der Waals surface area contributed by atoms with Crippen molar-refractivity contribution in [3.8, 4) is 11.4 Å². The van der Waals surface area contributed by atoms with Crippen molar-refractivity contribution in [1.29, 1.82) is 0 Å². The predicted molar refractivity (Wildman–Crippen MR) is 118 cm³/mol. The van der Waals surface area contributed by atoms with E-state index in [1.165, 1.54) is 23.9 Å². The maximum atomic E-state index is 12.7. The highest BCUT2D eigenvalue weighted by Crippen LogP contribution is 2.33. The zero-order valence-electron chi connectivity index (χ0n) is 15.6. The Morgan fingerprint density at radius 3 is 2.69 bits per heavy atom. The van der Waals surface area contributed by atoms with Crippen LogP contribution in [0.4, 0.5) is 5.69 Å². The SMILES string of the molecule is C=CCn1c(SC(C)C(=O)Nc2cc(Cl)c(Cl)cc2Cl)nnc1-c1ccoc1C. The van der Waals surface area contributed by atoms with Gasteiger partial charge in [0, 0.05) is 6.54 Å². The summed E-state index contributed by atoms with van der Waals surface area (Å²) < 4.78 is 7.25. The van der Waals surface area contributed by atoms with Crippen LogP contribution < -0.4 is 5.32 Å². The van der Waals surface area contributed by atoms with Crippen LogP contribution in [0.2, 0.25) is 15.1 Å². The molecule has 0 saturated heterocycles. The number of nitrogens with zero attached hydrogens (tertiary/aromatic N) is 3. The zero-order chi connectivity index (χ0) is 21.1. The van der Waals surface area contributed by atoms with E-state index < -0.39 is 5.25 Å². The molecule has 3 rings (SSSR count). The molecule has 0 fully saturated rings. The maximum absolute atomic E-state index is 12.7. The smallest absolute Gasteiger partial charge is 0.237 e. The van der Waals surface area contributed by atoms with Crippen molar-refractivity contribution >= 4 is 58.2 Å². The lowest BCUT2D eigenvalue weighted by molar-refractivity contribution is -0.115. The van der Waals surface area contributed by atoms with Crippen molar-refractivity contribution in [3.63, 3.8) is 0 Å². The van der Waals surface area contributed by atoms with Crippen LogP contribution in [0, 0.1) is 6.92 Å². The third-order valence-electron chi connectivity index (χ3n) is 4.05. The molecule has 6 nitrogen and oxygen atoms in total. The lowest BCUT2D eigenvalue weighted by Crippen LogP contribution is -2.23. The van der Waals surface area contributed by atoms with Crippen LogP contribution in [-0.2, 0) is 11.3 Å². The number of carbonyl (C=O) groups excluding carboxylic acids is 1. The number of benzene rings is 1. The standard InChI is InChI=1S/C19H17Cl3N4O2S/c1-4-6-26-17(12-5-7-28-10(12)2)24-25-19(26)29-11(3)18(27)23-16-9-14(21)13(20)8-15(16)22/h4-5,7-9,11H,1,6H2,2-3H3,(H,23,27). The molecule has 0 saturated carbocycles. The van der Waals surface area contributed by atoms with Crippen molar-refractivity contribution in [3.05, 3.63) is 57.9 Å². The molecule has 0 bridgehead atoms. The van der Waals surface area contributed by atoms with Gasteiger partial charge in [-0.25, -0.2) is 0 Å². The molecule has 0 aliphatic rings. The first-order chi connectivity index (χ1) is 13.8. The van der Waals surface area contributed by atoms with Gasteiger partial charge in [0.05, 0.1) is 37.8 Å². The Morgan fingerprint density at radius 2 is 2.03 bits per heavy atom. The minimum atomic E-state index is -0.480. The Hall–Kier alpha value is -1.93. The van der Waals surface area contributed by atoms with Crippen molar-refractivity contribution in [2.24, 2.45) is 0 Å². The molecule has 1 unspecified atom stereocenters. The molecule has 0 radical (unpaired) electrons. The molecule has 0 aliphatic heterocycles. The van der Waals surface area contributed by atoms with Crippen molar-refractivity contribution < 1.29 is 9.21 Å². The molecule has 2 heterocycles. The number of amides is 1. The van der Waals surface area contributed by atoms with Gasteiger partial charge in [-0.2, -0.15) is 0 Å². The Morgan fingerprint density at radius 1 is 1.31 bits per heavy atom. The summed E-state index contributed by atoms with van der Waals surface area (Å²) in [4.78, 5) is 12.7. The number of allylic oxidation sites excluding steroid dienone is 1. The van der Waals surface area contributed by atoms with Gasteiger partial charge < -0.3 is 9.73 Å². The van der Waals surface area contributed by atoms with E-state index in [0.717, 1.165) is 11.3 Å². The predicted octanol–water partition coefficient (Wildman–Crippen LogP) is 6.11. The fraction of sp³-hybridized carbons (Fsp3) is 0.211. The first kappa shape index (κ1) is 21.8. The number of carbonyl (C=O) groups is 1. The number of furan rings is 1. The molecule has 1 amide bonds. The normalized spacial score (nSPS) is 12.0. The molecule has 1 N–H and O–H groups in total. The molecule has 0 spiro atoms. The van der Waals surface area contributed by atoms with Crippen LogP contribution in [-0.4, -0.2) is 25.9 Å². The fourth-order valence-electron chi connectivity index (χ4n) is 2.55. The van der Waals surface area contributed by atoms with E-state index >= 15 is 0 Å². The molecule has 10 heteroatoms. The molecule has 1 aromatic carbocycles. The van der Waals surface area contributed by atoms with Gasteiger partial charge in [0.2, 0.25) is 5.91 Å². The number of hydrogen-bond donors (Lipinski definition) is 1. The Balaban J connectivity index is 1.80. The lowest BCUT2D eigenvalue weighted by Gasteiger charge is -2.14. The van der Waals surface area contributed by atoms with E-state index in [-0.39, 0.29) is 5.91 Å². The summed E-state index contributed by atoms with van der Waals surface area (Å²) in [6.45, 7) is 7.90. The van der Waals surface area contributed by atoms with Crippen molar-refractivity contribution in [2.75, 3.05) is 5.32 Å². The third kappa shape index (κ3) is 4.80. The van der Waals surface area contributed by atoms with E-state index in [2.05, 4.69) is 22.1 Å². The largest absolute Gasteiger partial charge is 0.469 e. The fourth-order valence-corrected chi connectivity index (χ4v) is 4.00. The van der Waals surface area contributed by atoms with Crippen LogP contribution in [0.3, 0.4) is 0 Å². The Kier molecular flexibility index (Phi) is 6.95. The highest BCUT2D eigenvalue weighted by molar-refractivity contribution is 8.00. The van der Waals surface area contributed by atoms with E-state index in [1.54, 1.807) is 19.3 Å². The summed E-state index contributed by atoms with van der Waals surface area (Å²) in [5.41, 5.74) is 1.23. The average molecular weight is 472 g/mol. The van der Waals surface area contributed by atoms with E-state index in [4.69, 9.17) is 39.2 Å². The second kappa shape index (κ2) is 9.26. The number of anilines is 1. The summed E-state index contributed by atoms with van der Waals surface area (Å²) in [6, 6.07) is 4.83. The molecular formula is C19H17Cl3N4O2S. The number of nitrogens with one attached hydrogen (secondary N) is 1. The molecule has 2 aromatic heterocycles. The van der Waals surface area contributed by atoms with Gasteiger partial charge in [0.15, 0.2) is 11.0 Å². The molecule has 1 atom stereocenters. The minimum Gasteiger partial charge on any atom is -0.469 e. The number of thioether (sulfide) groups is 1. The van der Waals surface area contributed by atoms with Crippen LogP contribution in [0.1, 0.15) is 12.7 Å². The average Bonchev–Trinajstić information content (AvgIpc) is 3.26. The number of hydrogen-bond acceptors (Lipinski definition) is 5. The van der Waals surface area contributed by atoms with Gasteiger partial charge in [0.25, 0.3) is 0 Å². The number of rotatable bonds is 7. The lowest BCUT2D eigenvalue weighted by atomic mass is 10.2. The monoisotopic (exact) mass is 470 g/mol.